The molecule has 0 atom stereocenters. The predicted molar refractivity (Wildman–Crippen MR) is 109 cm³/mol. The van der Waals surface area contributed by atoms with E-state index in [1.54, 1.807) is 17.0 Å². The van der Waals surface area contributed by atoms with E-state index in [2.05, 4.69) is 5.32 Å². The number of rotatable bonds is 5. The van der Waals surface area contributed by atoms with E-state index in [1.165, 1.54) is 20.4 Å². The van der Waals surface area contributed by atoms with Crippen molar-refractivity contribution in [2.24, 2.45) is 0 Å². The first-order chi connectivity index (χ1) is 13.6. The Morgan fingerprint density at radius 1 is 1.25 bits per heavy atom. The van der Waals surface area contributed by atoms with Gasteiger partial charge in [-0.25, -0.2) is 0 Å². The number of amides is 1. The summed E-state index contributed by atoms with van der Waals surface area (Å²) in [5, 5.41) is 12.9. The van der Waals surface area contributed by atoms with Crippen molar-refractivity contribution in [1.82, 2.24) is 0 Å². The van der Waals surface area contributed by atoms with Crippen LogP contribution in [-0.2, 0) is 11.2 Å². The standard InChI is InChI=1S/C21H20ClN3O3/c1-27-19-11-17(20(28-2)10-16(19)22)24-13-15(12-23)21(26)25-9-5-7-14-6-3-4-8-18(14)25/h3-4,6,8,10-11,13,24H,5,7,9H2,1-2H3/b15-13-. The van der Waals surface area contributed by atoms with E-state index in [0.717, 1.165) is 24.1 Å². The van der Waals surface area contributed by atoms with E-state index >= 15 is 0 Å². The van der Waals surface area contributed by atoms with Crippen molar-refractivity contribution in [3.05, 3.63) is 58.8 Å². The van der Waals surface area contributed by atoms with E-state index < -0.39 is 0 Å². The normalized spacial score (nSPS) is 13.4. The number of halogens is 1. The lowest BCUT2D eigenvalue weighted by atomic mass is 10.0. The number of anilines is 2. The first-order valence-electron chi connectivity index (χ1n) is 8.77. The number of fused-ring (bicyclic) bond motifs is 1. The highest BCUT2D eigenvalue weighted by atomic mass is 35.5. The van der Waals surface area contributed by atoms with E-state index in [-0.39, 0.29) is 11.5 Å². The second-order valence-electron chi connectivity index (χ2n) is 6.19. The molecule has 1 aliphatic heterocycles. The molecule has 1 amide bonds. The Balaban J connectivity index is 1.88. The molecule has 0 unspecified atom stereocenters. The van der Waals surface area contributed by atoms with E-state index in [9.17, 15) is 10.1 Å². The topological polar surface area (TPSA) is 74.6 Å². The van der Waals surface area contributed by atoms with Crippen LogP contribution in [0.3, 0.4) is 0 Å². The van der Waals surface area contributed by atoms with Crippen LogP contribution in [0.15, 0.2) is 48.2 Å². The maximum atomic E-state index is 13.0. The molecule has 2 aromatic carbocycles. The molecule has 0 aliphatic carbocycles. The number of carbonyl (C=O) groups excluding carboxylic acids is 1. The molecule has 0 aromatic heterocycles. The number of nitrogens with zero attached hydrogens (tertiary/aromatic N) is 2. The maximum absolute atomic E-state index is 13.0. The maximum Gasteiger partial charge on any atom is 0.270 e. The molecule has 2 aromatic rings. The summed E-state index contributed by atoms with van der Waals surface area (Å²) in [7, 11) is 3.01. The highest BCUT2D eigenvalue weighted by molar-refractivity contribution is 6.32. The van der Waals surface area contributed by atoms with Crippen molar-refractivity contribution in [2.75, 3.05) is 31.0 Å². The van der Waals surface area contributed by atoms with Crippen molar-refractivity contribution >= 4 is 28.9 Å². The minimum Gasteiger partial charge on any atom is -0.495 e. The SMILES string of the molecule is COc1cc(N/C=C(/C#N)C(=O)N2CCCc3ccccc32)c(OC)cc1Cl. The summed E-state index contributed by atoms with van der Waals surface area (Å²) >= 11 is 6.11. The second kappa shape index (κ2) is 8.68. The lowest BCUT2D eigenvalue weighted by Crippen LogP contribution is -2.36. The molecule has 1 N–H and O–H groups in total. The quantitative estimate of drug-likeness (QED) is 0.605. The molecule has 0 radical (unpaired) electrons. The number of ether oxygens (including phenoxy) is 2. The van der Waals surface area contributed by atoms with Crippen molar-refractivity contribution in [2.45, 2.75) is 12.8 Å². The number of hydrogen-bond acceptors (Lipinski definition) is 5. The molecule has 7 heteroatoms. The molecule has 0 bridgehead atoms. The molecule has 0 saturated carbocycles. The van der Waals surface area contributed by atoms with Crippen LogP contribution < -0.4 is 19.7 Å². The summed E-state index contributed by atoms with van der Waals surface area (Å²) in [6.45, 7) is 0.576. The highest BCUT2D eigenvalue weighted by Gasteiger charge is 2.25. The van der Waals surface area contributed by atoms with E-state index in [4.69, 9.17) is 21.1 Å². The van der Waals surface area contributed by atoms with Crippen LogP contribution in [0.5, 0.6) is 11.5 Å². The molecule has 3 rings (SSSR count). The number of para-hydroxylation sites is 1. The van der Waals surface area contributed by atoms with Gasteiger partial charge in [0.15, 0.2) is 0 Å². The summed E-state index contributed by atoms with van der Waals surface area (Å²) < 4.78 is 10.5. The summed E-state index contributed by atoms with van der Waals surface area (Å²) in [5.74, 6) is 0.574. The number of hydrogen-bond donors (Lipinski definition) is 1. The third-order valence-corrected chi connectivity index (χ3v) is 4.85. The Bertz CT molecular complexity index is 966. The summed E-state index contributed by atoms with van der Waals surface area (Å²) in [5.41, 5.74) is 2.48. The van der Waals surface area contributed by atoms with Crippen molar-refractivity contribution < 1.29 is 14.3 Å². The fraction of sp³-hybridized carbons (Fsp3) is 0.238. The lowest BCUT2D eigenvalue weighted by molar-refractivity contribution is -0.114. The van der Waals surface area contributed by atoms with Gasteiger partial charge in [-0.05, 0) is 24.5 Å². The Labute approximate surface area is 168 Å². The monoisotopic (exact) mass is 397 g/mol. The Morgan fingerprint density at radius 2 is 2.00 bits per heavy atom. The van der Waals surface area contributed by atoms with Crippen molar-refractivity contribution in [3.63, 3.8) is 0 Å². The Morgan fingerprint density at radius 3 is 2.71 bits per heavy atom. The number of benzene rings is 2. The molecule has 0 spiro atoms. The third-order valence-electron chi connectivity index (χ3n) is 4.55. The van der Waals surface area contributed by atoms with Crippen molar-refractivity contribution in [3.8, 4) is 17.6 Å². The average Bonchev–Trinajstić information content (AvgIpc) is 2.74. The van der Waals surface area contributed by atoms with Crippen LogP contribution in [0.25, 0.3) is 0 Å². The Hall–Kier alpha value is -3.17. The summed E-state index contributed by atoms with van der Waals surface area (Å²) in [6.07, 6.45) is 3.16. The molecular formula is C21H20ClN3O3. The van der Waals surface area contributed by atoms with Gasteiger partial charge in [-0.2, -0.15) is 5.26 Å². The first-order valence-corrected chi connectivity index (χ1v) is 9.15. The minimum absolute atomic E-state index is 0.00678. The van der Waals surface area contributed by atoms with Gasteiger partial charge in [0.1, 0.15) is 23.1 Å². The van der Waals surface area contributed by atoms with E-state index in [1.807, 2.05) is 30.3 Å². The fourth-order valence-corrected chi connectivity index (χ4v) is 3.39. The van der Waals surface area contributed by atoms with E-state index in [0.29, 0.717) is 28.8 Å². The third kappa shape index (κ3) is 3.90. The number of nitrogens with one attached hydrogen (secondary N) is 1. The van der Waals surface area contributed by atoms with Crippen LogP contribution in [0.4, 0.5) is 11.4 Å². The molecule has 144 valence electrons. The lowest BCUT2D eigenvalue weighted by Gasteiger charge is -2.29. The molecular weight excluding hydrogens is 378 g/mol. The zero-order chi connectivity index (χ0) is 20.1. The van der Waals surface area contributed by atoms with Crippen LogP contribution >= 0.6 is 11.6 Å². The van der Waals surface area contributed by atoms with Gasteiger partial charge in [0.25, 0.3) is 5.91 Å². The van der Waals surface area contributed by atoms with Gasteiger partial charge in [0, 0.05) is 30.6 Å². The van der Waals surface area contributed by atoms with Crippen LogP contribution in [0, 0.1) is 11.3 Å². The highest BCUT2D eigenvalue weighted by Crippen LogP contribution is 2.36. The fourth-order valence-electron chi connectivity index (χ4n) is 3.15. The van der Waals surface area contributed by atoms with Gasteiger partial charge >= 0.3 is 0 Å². The van der Waals surface area contributed by atoms with Crippen molar-refractivity contribution in [1.29, 1.82) is 5.26 Å². The first kappa shape index (κ1) is 19.6. The predicted octanol–water partition coefficient (Wildman–Crippen LogP) is 4.16. The molecule has 6 nitrogen and oxygen atoms in total. The van der Waals surface area contributed by atoms with Gasteiger partial charge in [-0.3, -0.25) is 4.79 Å². The van der Waals surface area contributed by atoms with Crippen LogP contribution in [-0.4, -0.2) is 26.7 Å². The van der Waals surface area contributed by atoms with Gasteiger partial charge in [-0.15, -0.1) is 0 Å². The number of nitriles is 1. The van der Waals surface area contributed by atoms with Gasteiger partial charge in [-0.1, -0.05) is 29.8 Å². The molecule has 0 saturated heterocycles. The molecule has 0 fully saturated rings. The largest absolute Gasteiger partial charge is 0.495 e. The summed E-state index contributed by atoms with van der Waals surface area (Å²) in [6, 6.07) is 13.0. The second-order valence-corrected chi connectivity index (χ2v) is 6.60. The summed E-state index contributed by atoms with van der Waals surface area (Å²) in [4.78, 5) is 14.6. The van der Waals surface area contributed by atoms with Crippen LogP contribution in [0.2, 0.25) is 5.02 Å². The van der Waals surface area contributed by atoms with Gasteiger partial charge in [0.05, 0.1) is 24.9 Å². The number of carbonyl (C=O) groups is 1. The van der Waals surface area contributed by atoms with Gasteiger partial charge < -0.3 is 19.7 Å². The molecule has 28 heavy (non-hydrogen) atoms. The van der Waals surface area contributed by atoms with Crippen LogP contribution in [0.1, 0.15) is 12.0 Å². The van der Waals surface area contributed by atoms with Gasteiger partial charge in [0.2, 0.25) is 0 Å². The average molecular weight is 398 g/mol. The molecule has 1 heterocycles. The smallest absolute Gasteiger partial charge is 0.270 e. The number of methoxy groups -OCH3 is 2. The zero-order valence-electron chi connectivity index (χ0n) is 15.7. The number of aryl methyl sites for hydroxylation is 1. The molecule has 1 aliphatic rings. The Kier molecular flexibility index (Phi) is 6.07. The zero-order valence-corrected chi connectivity index (χ0v) is 16.4. The minimum atomic E-state index is -0.345.